The Bertz CT molecular complexity index is 798. The highest BCUT2D eigenvalue weighted by molar-refractivity contribution is 6.06. The number of phenolic OH excluding ortho intramolecular Hbond substituents is 1. The van der Waals surface area contributed by atoms with Gasteiger partial charge in [0.1, 0.15) is 5.75 Å². The summed E-state index contributed by atoms with van der Waals surface area (Å²) in [5, 5.41) is 12.8. The molecule has 0 radical (unpaired) electrons. The fourth-order valence-corrected chi connectivity index (χ4v) is 2.43. The maximum absolute atomic E-state index is 12.4. The Balaban J connectivity index is 1.81. The molecule has 0 fully saturated rings. The topological polar surface area (TPSA) is 49.3 Å². The molecule has 0 spiro atoms. The van der Waals surface area contributed by atoms with E-state index in [2.05, 4.69) is 5.32 Å². The van der Waals surface area contributed by atoms with Crippen LogP contribution in [0, 0.1) is 0 Å². The molecule has 23 heavy (non-hydrogen) atoms. The van der Waals surface area contributed by atoms with E-state index in [9.17, 15) is 9.90 Å². The molecule has 3 aromatic rings. The van der Waals surface area contributed by atoms with Gasteiger partial charge in [0.2, 0.25) is 0 Å². The monoisotopic (exact) mass is 303 g/mol. The van der Waals surface area contributed by atoms with Gasteiger partial charge in [-0.15, -0.1) is 0 Å². The molecule has 0 aliphatic carbocycles. The molecule has 3 rings (SSSR count). The molecular formula is C20H17NO2. The van der Waals surface area contributed by atoms with Crippen LogP contribution in [0.3, 0.4) is 0 Å². The second-order valence-corrected chi connectivity index (χ2v) is 5.33. The number of hydrogen-bond acceptors (Lipinski definition) is 2. The minimum Gasteiger partial charge on any atom is -0.507 e. The van der Waals surface area contributed by atoms with Crippen molar-refractivity contribution in [3.63, 3.8) is 0 Å². The summed E-state index contributed by atoms with van der Waals surface area (Å²) in [7, 11) is 0. The molecule has 0 saturated carbocycles. The third-order valence-electron chi connectivity index (χ3n) is 3.59. The zero-order chi connectivity index (χ0) is 16.1. The van der Waals surface area contributed by atoms with Gasteiger partial charge in [-0.1, -0.05) is 54.6 Å². The fraction of sp³-hybridized carbons (Fsp3) is 0.0500. The summed E-state index contributed by atoms with van der Waals surface area (Å²) in [6.45, 7) is 0. The maximum Gasteiger partial charge on any atom is 0.259 e. The van der Waals surface area contributed by atoms with E-state index in [-0.39, 0.29) is 17.2 Å². The summed E-state index contributed by atoms with van der Waals surface area (Å²) in [6, 6.07) is 24.4. The van der Waals surface area contributed by atoms with Gasteiger partial charge >= 0.3 is 0 Å². The van der Waals surface area contributed by atoms with Crippen molar-refractivity contribution in [1.29, 1.82) is 0 Å². The average molecular weight is 303 g/mol. The van der Waals surface area contributed by atoms with Gasteiger partial charge in [-0.3, -0.25) is 4.79 Å². The lowest BCUT2D eigenvalue weighted by Gasteiger charge is -2.09. The Labute approximate surface area is 135 Å². The van der Waals surface area contributed by atoms with Crippen molar-refractivity contribution in [1.82, 2.24) is 0 Å². The van der Waals surface area contributed by atoms with Crippen LogP contribution in [0.15, 0.2) is 78.9 Å². The van der Waals surface area contributed by atoms with Crippen molar-refractivity contribution in [2.75, 3.05) is 5.32 Å². The predicted molar refractivity (Wildman–Crippen MR) is 91.8 cm³/mol. The molecule has 0 aromatic heterocycles. The first kappa shape index (κ1) is 14.9. The molecule has 0 unspecified atom stereocenters. The quantitative estimate of drug-likeness (QED) is 0.757. The average Bonchev–Trinajstić information content (AvgIpc) is 2.58. The van der Waals surface area contributed by atoms with Gasteiger partial charge in [0, 0.05) is 5.69 Å². The fourth-order valence-electron chi connectivity index (χ4n) is 2.43. The van der Waals surface area contributed by atoms with Crippen LogP contribution in [-0.2, 0) is 6.42 Å². The number of amides is 1. The summed E-state index contributed by atoms with van der Waals surface area (Å²) < 4.78 is 0. The number of para-hydroxylation sites is 1. The van der Waals surface area contributed by atoms with Crippen LogP contribution in [0.25, 0.3) is 0 Å². The Morgan fingerprint density at radius 2 is 1.48 bits per heavy atom. The first-order valence-corrected chi connectivity index (χ1v) is 7.44. The summed E-state index contributed by atoms with van der Waals surface area (Å²) in [5.41, 5.74) is 3.12. The lowest BCUT2D eigenvalue weighted by molar-refractivity contribution is 0.102. The predicted octanol–water partition coefficient (Wildman–Crippen LogP) is 4.24. The highest BCUT2D eigenvalue weighted by Crippen LogP contribution is 2.22. The second kappa shape index (κ2) is 6.79. The Morgan fingerprint density at radius 1 is 0.826 bits per heavy atom. The largest absolute Gasteiger partial charge is 0.507 e. The van der Waals surface area contributed by atoms with E-state index in [0.29, 0.717) is 12.1 Å². The molecule has 114 valence electrons. The minimum atomic E-state index is -0.316. The molecule has 0 bridgehead atoms. The van der Waals surface area contributed by atoms with Gasteiger partial charge in [0.25, 0.3) is 5.91 Å². The Kier molecular flexibility index (Phi) is 4.39. The lowest BCUT2D eigenvalue weighted by Crippen LogP contribution is -2.12. The second-order valence-electron chi connectivity index (χ2n) is 5.33. The molecule has 0 saturated heterocycles. The van der Waals surface area contributed by atoms with E-state index in [1.54, 1.807) is 12.1 Å². The van der Waals surface area contributed by atoms with E-state index in [1.807, 2.05) is 66.7 Å². The van der Waals surface area contributed by atoms with E-state index in [0.717, 1.165) is 11.1 Å². The highest BCUT2D eigenvalue weighted by Gasteiger charge is 2.12. The van der Waals surface area contributed by atoms with Crippen molar-refractivity contribution in [2.24, 2.45) is 0 Å². The van der Waals surface area contributed by atoms with Gasteiger partial charge in [-0.2, -0.15) is 0 Å². The standard InChI is InChI=1S/C20H17NO2/c22-19-12-11-16(13-15-7-3-1-4-8-15)14-18(19)20(23)21-17-9-5-2-6-10-17/h1-12,14,22H,13H2,(H,21,23). The number of rotatable bonds is 4. The summed E-state index contributed by atoms with van der Waals surface area (Å²) in [5.74, 6) is -0.334. The molecule has 1 amide bonds. The maximum atomic E-state index is 12.4. The van der Waals surface area contributed by atoms with Crippen LogP contribution in [0.4, 0.5) is 5.69 Å². The van der Waals surface area contributed by atoms with Gasteiger partial charge in [-0.25, -0.2) is 0 Å². The summed E-state index contributed by atoms with van der Waals surface area (Å²) in [4.78, 5) is 12.4. The van der Waals surface area contributed by atoms with E-state index in [1.165, 1.54) is 0 Å². The first-order valence-electron chi connectivity index (χ1n) is 7.44. The molecule has 3 aromatic carbocycles. The molecule has 0 atom stereocenters. The summed E-state index contributed by atoms with van der Waals surface area (Å²) >= 11 is 0. The third kappa shape index (κ3) is 3.77. The number of carbonyl (C=O) groups is 1. The van der Waals surface area contributed by atoms with Gasteiger partial charge in [0.05, 0.1) is 5.56 Å². The van der Waals surface area contributed by atoms with Crippen LogP contribution < -0.4 is 5.32 Å². The van der Waals surface area contributed by atoms with Crippen molar-refractivity contribution >= 4 is 11.6 Å². The van der Waals surface area contributed by atoms with Crippen LogP contribution in [0.1, 0.15) is 21.5 Å². The van der Waals surface area contributed by atoms with E-state index < -0.39 is 0 Å². The number of benzene rings is 3. The van der Waals surface area contributed by atoms with Gasteiger partial charge in [0.15, 0.2) is 0 Å². The first-order chi connectivity index (χ1) is 11.2. The van der Waals surface area contributed by atoms with Crippen LogP contribution in [0.2, 0.25) is 0 Å². The Hall–Kier alpha value is -3.07. The Morgan fingerprint density at radius 3 is 2.17 bits per heavy atom. The highest BCUT2D eigenvalue weighted by atomic mass is 16.3. The van der Waals surface area contributed by atoms with Crippen molar-refractivity contribution in [3.8, 4) is 5.75 Å². The molecule has 3 heteroatoms. The number of aromatic hydroxyl groups is 1. The van der Waals surface area contributed by atoms with Crippen LogP contribution in [0.5, 0.6) is 5.75 Å². The normalized spacial score (nSPS) is 10.3. The molecule has 3 nitrogen and oxygen atoms in total. The number of carbonyl (C=O) groups excluding carboxylic acids is 1. The number of phenols is 1. The third-order valence-corrected chi connectivity index (χ3v) is 3.59. The van der Waals surface area contributed by atoms with Gasteiger partial charge < -0.3 is 10.4 Å². The van der Waals surface area contributed by atoms with Crippen LogP contribution in [-0.4, -0.2) is 11.0 Å². The zero-order valence-corrected chi connectivity index (χ0v) is 12.6. The minimum absolute atomic E-state index is 0.0183. The molecule has 2 N–H and O–H groups in total. The number of anilines is 1. The molecule has 0 aliphatic rings. The van der Waals surface area contributed by atoms with Crippen molar-refractivity contribution in [2.45, 2.75) is 6.42 Å². The van der Waals surface area contributed by atoms with Crippen molar-refractivity contribution in [3.05, 3.63) is 95.6 Å². The summed E-state index contributed by atoms with van der Waals surface area (Å²) in [6.07, 6.45) is 0.715. The molecule has 0 heterocycles. The van der Waals surface area contributed by atoms with E-state index in [4.69, 9.17) is 0 Å². The number of hydrogen-bond donors (Lipinski definition) is 2. The zero-order valence-electron chi connectivity index (χ0n) is 12.6. The molecule has 0 aliphatic heterocycles. The number of nitrogens with one attached hydrogen (secondary N) is 1. The molecular weight excluding hydrogens is 286 g/mol. The smallest absolute Gasteiger partial charge is 0.259 e. The SMILES string of the molecule is O=C(Nc1ccccc1)c1cc(Cc2ccccc2)ccc1O. The van der Waals surface area contributed by atoms with Crippen LogP contribution >= 0.6 is 0 Å². The lowest BCUT2D eigenvalue weighted by atomic mass is 10.0. The van der Waals surface area contributed by atoms with E-state index >= 15 is 0 Å². The van der Waals surface area contributed by atoms with Gasteiger partial charge in [-0.05, 0) is 41.8 Å². The van der Waals surface area contributed by atoms with Crippen molar-refractivity contribution < 1.29 is 9.90 Å².